The topological polar surface area (TPSA) is 37.3 Å². The Labute approximate surface area is 115 Å². The summed E-state index contributed by atoms with van der Waals surface area (Å²) in [5.74, 6) is -0.329. The number of nitrogens with one attached hydrogen (secondary N) is 1. The van der Waals surface area contributed by atoms with Crippen molar-refractivity contribution >= 4 is 22.8 Å². The van der Waals surface area contributed by atoms with Gasteiger partial charge in [0.05, 0.1) is 17.4 Å². The molecule has 1 heterocycles. The Morgan fingerprint density at radius 1 is 1.00 bits per heavy atom. The zero-order chi connectivity index (χ0) is 13.8. The number of hydrogen-bond acceptors (Lipinski definition) is 3. The number of hydrogen-bond donors (Lipinski definition) is 1. The van der Waals surface area contributed by atoms with Crippen LogP contribution in [-0.4, -0.2) is 11.2 Å². The van der Waals surface area contributed by atoms with E-state index in [1.165, 1.54) is 6.07 Å². The molecule has 0 aliphatic carbocycles. The zero-order valence-electron chi connectivity index (χ0n) is 10.6. The van der Waals surface area contributed by atoms with Gasteiger partial charge in [0.25, 0.3) is 0 Å². The van der Waals surface area contributed by atoms with Gasteiger partial charge in [0.1, 0.15) is 5.82 Å². The Balaban J connectivity index is 1.86. The van der Waals surface area contributed by atoms with E-state index in [4.69, 9.17) is 0 Å². The molecule has 4 heteroatoms. The second-order valence-electron chi connectivity index (χ2n) is 4.27. The van der Waals surface area contributed by atoms with Gasteiger partial charge in [0.2, 0.25) is 0 Å². The predicted octanol–water partition coefficient (Wildman–Crippen LogP) is 3.82. The first-order valence-corrected chi connectivity index (χ1v) is 6.22. The summed E-state index contributed by atoms with van der Waals surface area (Å²) in [5.41, 5.74) is 4.88. The zero-order valence-corrected chi connectivity index (χ0v) is 10.6. The average molecular weight is 265 g/mol. The lowest BCUT2D eigenvalue weighted by Gasteiger charge is -2.02. The molecule has 0 bridgehead atoms. The summed E-state index contributed by atoms with van der Waals surface area (Å²) < 4.78 is 13.4. The van der Waals surface area contributed by atoms with E-state index < -0.39 is 0 Å². The van der Waals surface area contributed by atoms with E-state index in [0.717, 1.165) is 16.5 Å². The lowest BCUT2D eigenvalue weighted by atomic mass is 10.1. The number of pyridine rings is 1. The lowest BCUT2D eigenvalue weighted by Crippen LogP contribution is -1.94. The first-order valence-electron chi connectivity index (χ1n) is 6.22. The minimum absolute atomic E-state index is 0.329. The van der Waals surface area contributed by atoms with Crippen molar-refractivity contribution in [1.82, 2.24) is 4.98 Å². The fourth-order valence-corrected chi connectivity index (χ4v) is 1.95. The third-order valence-corrected chi connectivity index (χ3v) is 2.95. The molecule has 0 spiro atoms. The number of hydrazone groups is 1. The molecule has 0 saturated heterocycles. The van der Waals surface area contributed by atoms with Crippen molar-refractivity contribution in [3.8, 4) is 0 Å². The Hall–Kier alpha value is -2.75. The summed E-state index contributed by atoms with van der Waals surface area (Å²) in [6.07, 6.45) is 3.39. The number of anilines is 1. The minimum Gasteiger partial charge on any atom is -0.276 e. The average Bonchev–Trinajstić information content (AvgIpc) is 2.49. The molecule has 2 aromatic carbocycles. The third-order valence-electron chi connectivity index (χ3n) is 2.95. The van der Waals surface area contributed by atoms with Crippen molar-refractivity contribution < 1.29 is 4.39 Å². The first kappa shape index (κ1) is 12.3. The van der Waals surface area contributed by atoms with Gasteiger partial charge in [-0.3, -0.25) is 10.4 Å². The maximum Gasteiger partial charge on any atom is 0.148 e. The van der Waals surface area contributed by atoms with Crippen LogP contribution in [0, 0.1) is 5.82 Å². The number of fused-ring (bicyclic) bond motifs is 1. The number of nitrogens with zero attached hydrogens (tertiary/aromatic N) is 2. The third kappa shape index (κ3) is 2.49. The minimum atomic E-state index is -0.329. The molecule has 0 saturated carbocycles. The van der Waals surface area contributed by atoms with Gasteiger partial charge in [-0.2, -0.15) is 5.10 Å². The Morgan fingerprint density at radius 3 is 2.70 bits per heavy atom. The van der Waals surface area contributed by atoms with Crippen molar-refractivity contribution in [2.75, 3.05) is 5.43 Å². The summed E-state index contributed by atoms with van der Waals surface area (Å²) in [4.78, 5) is 4.28. The number of aromatic nitrogens is 1. The fourth-order valence-electron chi connectivity index (χ4n) is 1.95. The smallest absolute Gasteiger partial charge is 0.148 e. The van der Waals surface area contributed by atoms with Gasteiger partial charge in [0.15, 0.2) is 0 Å². The van der Waals surface area contributed by atoms with Crippen molar-refractivity contribution in [3.05, 3.63) is 72.2 Å². The monoisotopic (exact) mass is 265 g/mol. The molecule has 0 aliphatic rings. The van der Waals surface area contributed by atoms with Crippen LogP contribution >= 0.6 is 0 Å². The van der Waals surface area contributed by atoms with E-state index in [1.807, 2.05) is 30.3 Å². The van der Waals surface area contributed by atoms with Crippen molar-refractivity contribution in [1.29, 1.82) is 0 Å². The molecule has 3 rings (SSSR count). The van der Waals surface area contributed by atoms with Gasteiger partial charge in [-0.05, 0) is 24.3 Å². The van der Waals surface area contributed by atoms with Gasteiger partial charge in [-0.15, -0.1) is 0 Å². The normalized spacial score (nSPS) is 11.1. The summed E-state index contributed by atoms with van der Waals surface area (Å²) in [6, 6.07) is 16.1. The maximum atomic E-state index is 13.4. The SMILES string of the molecule is Fc1ccccc1N/N=C/c1ccnc2ccccc12. The van der Waals surface area contributed by atoms with E-state index in [0.29, 0.717) is 5.69 Å². The van der Waals surface area contributed by atoms with Crippen LogP contribution < -0.4 is 5.43 Å². The maximum absolute atomic E-state index is 13.4. The van der Waals surface area contributed by atoms with Gasteiger partial charge >= 0.3 is 0 Å². The Morgan fingerprint density at radius 2 is 1.80 bits per heavy atom. The number of halogens is 1. The predicted molar refractivity (Wildman–Crippen MR) is 79.4 cm³/mol. The van der Waals surface area contributed by atoms with Crippen LogP contribution in [0.1, 0.15) is 5.56 Å². The van der Waals surface area contributed by atoms with Gasteiger partial charge in [0, 0.05) is 17.1 Å². The van der Waals surface area contributed by atoms with Crippen LogP contribution in [0.2, 0.25) is 0 Å². The lowest BCUT2D eigenvalue weighted by molar-refractivity contribution is 0.631. The van der Waals surface area contributed by atoms with E-state index in [1.54, 1.807) is 30.6 Å². The van der Waals surface area contributed by atoms with E-state index in [2.05, 4.69) is 15.5 Å². The van der Waals surface area contributed by atoms with Crippen molar-refractivity contribution in [2.45, 2.75) is 0 Å². The molecule has 3 aromatic rings. The molecular formula is C16H12FN3. The molecule has 0 unspecified atom stereocenters. The highest BCUT2D eigenvalue weighted by Gasteiger charge is 1.99. The number of para-hydroxylation sites is 2. The molecule has 0 aliphatic heterocycles. The summed E-state index contributed by atoms with van der Waals surface area (Å²) >= 11 is 0. The summed E-state index contributed by atoms with van der Waals surface area (Å²) in [5, 5.41) is 5.09. The van der Waals surface area contributed by atoms with Crippen molar-refractivity contribution in [2.24, 2.45) is 5.10 Å². The van der Waals surface area contributed by atoms with Gasteiger partial charge < -0.3 is 0 Å². The molecule has 0 amide bonds. The Bertz CT molecular complexity index is 763. The van der Waals surface area contributed by atoms with E-state index in [-0.39, 0.29) is 5.82 Å². The second kappa shape index (κ2) is 5.48. The van der Waals surface area contributed by atoms with E-state index in [9.17, 15) is 4.39 Å². The highest BCUT2D eigenvalue weighted by atomic mass is 19.1. The van der Waals surface area contributed by atoms with Gasteiger partial charge in [-0.1, -0.05) is 30.3 Å². The highest BCUT2D eigenvalue weighted by Crippen LogP contribution is 2.15. The van der Waals surface area contributed by atoms with Crippen LogP contribution in [0.5, 0.6) is 0 Å². The van der Waals surface area contributed by atoms with Crippen LogP contribution in [0.4, 0.5) is 10.1 Å². The molecule has 1 N–H and O–H groups in total. The van der Waals surface area contributed by atoms with E-state index >= 15 is 0 Å². The summed E-state index contributed by atoms with van der Waals surface area (Å²) in [7, 11) is 0. The molecule has 1 aromatic heterocycles. The second-order valence-corrected chi connectivity index (χ2v) is 4.27. The molecule has 0 radical (unpaired) electrons. The van der Waals surface area contributed by atoms with Crippen LogP contribution in [0.3, 0.4) is 0 Å². The highest BCUT2D eigenvalue weighted by molar-refractivity contribution is 5.98. The van der Waals surface area contributed by atoms with Crippen LogP contribution in [-0.2, 0) is 0 Å². The first-order chi connectivity index (χ1) is 9.84. The Kier molecular flexibility index (Phi) is 3.37. The fraction of sp³-hybridized carbons (Fsp3) is 0. The molecule has 98 valence electrons. The van der Waals surface area contributed by atoms with Crippen LogP contribution in [0.15, 0.2) is 65.9 Å². The number of benzene rings is 2. The molecule has 3 nitrogen and oxygen atoms in total. The largest absolute Gasteiger partial charge is 0.276 e. The standard InChI is InChI=1S/C16H12FN3/c17-14-6-2-4-8-16(14)20-19-11-12-9-10-18-15-7-3-1-5-13(12)15/h1-11,20H/b19-11+. The van der Waals surface area contributed by atoms with Crippen molar-refractivity contribution in [3.63, 3.8) is 0 Å². The number of rotatable bonds is 3. The molecular weight excluding hydrogens is 253 g/mol. The van der Waals surface area contributed by atoms with Gasteiger partial charge in [-0.25, -0.2) is 4.39 Å². The molecule has 0 fully saturated rings. The quantitative estimate of drug-likeness (QED) is 0.577. The molecule has 20 heavy (non-hydrogen) atoms. The molecule has 0 atom stereocenters. The van der Waals surface area contributed by atoms with Crippen LogP contribution in [0.25, 0.3) is 10.9 Å². The summed E-state index contributed by atoms with van der Waals surface area (Å²) in [6.45, 7) is 0.